The number of rotatable bonds is 17. The summed E-state index contributed by atoms with van der Waals surface area (Å²) < 4.78 is 8.92. The van der Waals surface area contributed by atoms with Crippen molar-refractivity contribution in [2.75, 3.05) is 42.3 Å². The van der Waals surface area contributed by atoms with E-state index >= 15 is 0 Å². The van der Waals surface area contributed by atoms with Crippen LogP contribution in [0.15, 0.2) is 133 Å². The lowest BCUT2D eigenvalue weighted by Gasteiger charge is -2.29. The fraction of sp³-hybridized carbons (Fsp3) is 0.333. The molecule has 7 nitrogen and oxygen atoms in total. The maximum absolute atomic E-state index is 10.6. The fourth-order valence-electron chi connectivity index (χ4n) is 8.05. The van der Waals surface area contributed by atoms with Gasteiger partial charge in [-0.1, -0.05) is 110 Å². The first-order valence-corrected chi connectivity index (χ1v) is 21.7. The van der Waals surface area contributed by atoms with Gasteiger partial charge in [-0.25, -0.2) is 0 Å². The Labute approximate surface area is 365 Å². The van der Waals surface area contributed by atoms with E-state index in [9.17, 15) is 9.59 Å². The van der Waals surface area contributed by atoms with Crippen LogP contribution in [0.1, 0.15) is 107 Å². The van der Waals surface area contributed by atoms with Gasteiger partial charge in [0.05, 0.1) is 26.6 Å². The lowest BCUT2D eigenvalue weighted by Crippen LogP contribution is -2.20. The van der Waals surface area contributed by atoms with Crippen molar-refractivity contribution in [3.63, 3.8) is 0 Å². The number of methoxy groups -OCH3 is 1. The molecule has 0 amide bonds. The smallest absolute Gasteiger partial charge is 0.306 e. The molecule has 5 rings (SSSR count). The predicted molar refractivity (Wildman–Crippen MR) is 258 cm³/mol. The number of carbonyl (C=O) groups excluding carboxylic acids is 2. The van der Waals surface area contributed by atoms with E-state index < -0.39 is 5.97 Å². The highest BCUT2D eigenvalue weighted by molar-refractivity contribution is 5.96. The normalized spacial score (nSPS) is 12.2. The Hall–Kier alpha value is -6.08. The molecule has 0 saturated carbocycles. The van der Waals surface area contributed by atoms with E-state index in [-0.39, 0.29) is 24.7 Å². The second-order valence-corrected chi connectivity index (χ2v) is 15.6. The third kappa shape index (κ3) is 13.2. The summed E-state index contributed by atoms with van der Waals surface area (Å²) >= 11 is 0. The molecule has 0 spiro atoms. The summed E-state index contributed by atoms with van der Waals surface area (Å²) in [5.74, 6) is -0.717. The minimum atomic E-state index is -0.391. The zero-order chi connectivity index (χ0) is 44.5. The monoisotopic (exact) mass is 822 g/mol. The van der Waals surface area contributed by atoms with Gasteiger partial charge in [0.2, 0.25) is 0 Å². The third-order valence-corrected chi connectivity index (χ3v) is 10.5. The van der Waals surface area contributed by atoms with Gasteiger partial charge in [-0.05, 0) is 130 Å². The standard InChI is InChI=1S/C47H55N3.C7H12O4/c1-9-14-33(4)29-35(6)32-49(27-10-2)40-21-17-38(18-22-40)46(44-25-26-45(48)43-16-13-12-15-42(43)44)39-19-23-41(24-20-39)50(28-11-3)47-36(7)30-34(5)31-37(47)8;1-3-11-7(9)5-4-6(8)10-2/h9,12-26,29-32,46H,10-11,27-28,48H2,1-8H3;3-5H2,1-2H3/b14-9+,33-29-,35-32+;. The lowest BCUT2D eigenvalue weighted by atomic mass is 9.82. The molecule has 0 aromatic heterocycles. The highest BCUT2D eigenvalue weighted by atomic mass is 16.5. The van der Waals surface area contributed by atoms with Crippen molar-refractivity contribution in [1.82, 2.24) is 0 Å². The lowest BCUT2D eigenvalue weighted by molar-refractivity contribution is -0.148. The van der Waals surface area contributed by atoms with Crippen molar-refractivity contribution in [2.45, 2.75) is 93.9 Å². The van der Waals surface area contributed by atoms with Gasteiger partial charge in [0, 0.05) is 53.3 Å². The van der Waals surface area contributed by atoms with Crippen molar-refractivity contribution in [1.29, 1.82) is 0 Å². The summed E-state index contributed by atoms with van der Waals surface area (Å²) in [6.45, 7) is 21.5. The van der Waals surface area contributed by atoms with Crippen molar-refractivity contribution in [2.24, 2.45) is 0 Å². The number of nitrogen functional groups attached to an aromatic ring is 1. The van der Waals surface area contributed by atoms with Crippen molar-refractivity contribution in [3.05, 3.63) is 166 Å². The number of benzene rings is 5. The average molecular weight is 822 g/mol. The summed E-state index contributed by atoms with van der Waals surface area (Å²) in [6, 6.07) is 35.9. The number of ether oxygens (including phenoxy) is 2. The number of esters is 2. The Kier molecular flexibility index (Phi) is 18.4. The molecule has 0 aliphatic rings. The second kappa shape index (κ2) is 23.6. The van der Waals surface area contributed by atoms with E-state index in [1.165, 1.54) is 74.1 Å². The number of nitrogens with zero attached hydrogens (tertiary/aromatic N) is 2. The number of nitrogens with two attached hydrogens (primary N) is 1. The molecule has 2 N–H and O–H groups in total. The van der Waals surface area contributed by atoms with Gasteiger partial charge < -0.3 is 25.0 Å². The first kappa shape index (κ1) is 47.6. The molecule has 0 aliphatic heterocycles. The maximum atomic E-state index is 10.6. The zero-order valence-corrected chi connectivity index (χ0v) is 38.2. The topological polar surface area (TPSA) is 85.1 Å². The molecule has 0 aliphatic carbocycles. The molecule has 1 unspecified atom stereocenters. The number of fused-ring (bicyclic) bond motifs is 1. The van der Waals surface area contributed by atoms with Gasteiger partial charge in [-0.3, -0.25) is 9.59 Å². The van der Waals surface area contributed by atoms with Crippen LogP contribution in [0.2, 0.25) is 0 Å². The summed E-state index contributed by atoms with van der Waals surface area (Å²) in [7, 11) is 1.29. The Bertz CT molecular complexity index is 2280. The molecule has 0 heterocycles. The molecule has 61 heavy (non-hydrogen) atoms. The number of allylic oxidation sites excluding steroid dienone is 5. The fourth-order valence-corrected chi connectivity index (χ4v) is 8.05. The molecular weight excluding hydrogens is 755 g/mol. The molecule has 7 heteroatoms. The van der Waals surface area contributed by atoms with Crippen molar-refractivity contribution in [3.8, 4) is 0 Å². The number of anilines is 4. The average Bonchev–Trinajstić information content (AvgIpc) is 3.24. The van der Waals surface area contributed by atoms with Gasteiger partial charge >= 0.3 is 11.9 Å². The minimum Gasteiger partial charge on any atom is -0.469 e. The summed E-state index contributed by atoms with van der Waals surface area (Å²) in [5, 5.41) is 2.29. The van der Waals surface area contributed by atoms with Crippen LogP contribution >= 0.6 is 0 Å². The van der Waals surface area contributed by atoms with Crippen molar-refractivity contribution >= 4 is 45.5 Å². The van der Waals surface area contributed by atoms with E-state index in [4.69, 9.17) is 5.73 Å². The Morgan fingerprint density at radius 2 is 1.30 bits per heavy atom. The van der Waals surface area contributed by atoms with Crippen LogP contribution in [0.5, 0.6) is 0 Å². The molecule has 0 fully saturated rings. The van der Waals surface area contributed by atoms with Gasteiger partial charge in [0.15, 0.2) is 0 Å². The van der Waals surface area contributed by atoms with E-state index in [0.717, 1.165) is 37.0 Å². The Morgan fingerprint density at radius 1 is 0.721 bits per heavy atom. The van der Waals surface area contributed by atoms with E-state index in [1.807, 2.05) is 0 Å². The van der Waals surface area contributed by atoms with E-state index in [1.54, 1.807) is 6.92 Å². The summed E-state index contributed by atoms with van der Waals surface area (Å²) in [5.41, 5.74) is 21.3. The molecular formula is C54H67N3O4. The summed E-state index contributed by atoms with van der Waals surface area (Å²) in [6.07, 6.45) is 11.1. The van der Waals surface area contributed by atoms with Crippen LogP contribution in [0.3, 0.4) is 0 Å². The highest BCUT2D eigenvalue weighted by Gasteiger charge is 2.22. The first-order chi connectivity index (χ1) is 29.3. The first-order valence-electron chi connectivity index (χ1n) is 21.7. The number of aryl methyl sites for hydroxylation is 3. The van der Waals surface area contributed by atoms with Crippen LogP contribution in [-0.4, -0.2) is 38.7 Å². The molecule has 0 bridgehead atoms. The van der Waals surface area contributed by atoms with E-state index in [2.05, 4.69) is 196 Å². The number of carbonyl (C=O) groups is 2. The number of hydrogen-bond donors (Lipinski definition) is 1. The van der Waals surface area contributed by atoms with Crippen LogP contribution in [0.25, 0.3) is 10.8 Å². The molecule has 5 aromatic rings. The van der Waals surface area contributed by atoms with Gasteiger partial charge in [0.25, 0.3) is 0 Å². The third-order valence-electron chi connectivity index (χ3n) is 10.5. The van der Waals surface area contributed by atoms with Crippen molar-refractivity contribution < 1.29 is 19.1 Å². The molecule has 5 aromatic carbocycles. The maximum Gasteiger partial charge on any atom is 0.306 e. The number of hydrogen-bond acceptors (Lipinski definition) is 7. The molecule has 1 atom stereocenters. The minimum absolute atomic E-state index is 0.0365. The molecule has 322 valence electrons. The largest absolute Gasteiger partial charge is 0.469 e. The van der Waals surface area contributed by atoms with Gasteiger partial charge in [-0.2, -0.15) is 0 Å². The van der Waals surface area contributed by atoms with Gasteiger partial charge in [-0.15, -0.1) is 0 Å². The van der Waals surface area contributed by atoms with Crippen LogP contribution in [-0.2, 0) is 19.1 Å². The zero-order valence-electron chi connectivity index (χ0n) is 38.2. The quantitative estimate of drug-likeness (QED) is 0.0433. The predicted octanol–water partition coefficient (Wildman–Crippen LogP) is 13.2. The Balaban J connectivity index is 0.000000654. The van der Waals surface area contributed by atoms with Crippen LogP contribution in [0.4, 0.5) is 22.7 Å². The Morgan fingerprint density at radius 3 is 1.85 bits per heavy atom. The van der Waals surface area contributed by atoms with Crippen LogP contribution in [0, 0.1) is 20.8 Å². The second-order valence-electron chi connectivity index (χ2n) is 15.6. The molecule has 0 saturated heterocycles. The highest BCUT2D eigenvalue weighted by Crippen LogP contribution is 2.40. The summed E-state index contributed by atoms with van der Waals surface area (Å²) in [4.78, 5) is 26.0. The van der Waals surface area contributed by atoms with Gasteiger partial charge in [0.1, 0.15) is 0 Å². The van der Waals surface area contributed by atoms with E-state index in [0.29, 0.717) is 6.61 Å². The van der Waals surface area contributed by atoms with Crippen LogP contribution < -0.4 is 15.5 Å². The molecule has 0 radical (unpaired) electrons. The SMILES string of the molecule is C/C=C/C(C)=C\C(C)=C\N(CCC)c1ccc(C(c2ccc(N(CCC)c3c(C)cc(C)cc3C)cc2)c2ccc(N)c3ccccc23)cc1.CCOC(=O)CCC(=O)OC.